The maximum atomic E-state index is 5.05. The summed E-state index contributed by atoms with van der Waals surface area (Å²) in [6.07, 6.45) is 0. The molecule has 3 aromatic heterocycles. The van der Waals surface area contributed by atoms with Crippen molar-refractivity contribution in [2.45, 2.75) is 0 Å². The number of fused-ring (bicyclic) bond motifs is 4. The van der Waals surface area contributed by atoms with Gasteiger partial charge in [-0.3, -0.25) is 0 Å². The van der Waals surface area contributed by atoms with E-state index in [2.05, 4.69) is 156 Å². The lowest BCUT2D eigenvalue weighted by Gasteiger charge is -2.11. The van der Waals surface area contributed by atoms with E-state index in [1.165, 1.54) is 43.1 Å². The monoisotopic (exact) mass is 682 g/mol. The molecule has 0 aliphatic carbocycles. The SMILES string of the molecule is c1ccc(-c2ccc3c(c2)c2cc(-c4ccccc4)ccc2n3-c2ccc(-c3nc(-c4ccccc4)nc(-c4cc5ccccc5s4)n3)cc2)cc1. The van der Waals surface area contributed by atoms with E-state index in [0.717, 1.165) is 32.7 Å². The topological polar surface area (TPSA) is 43.6 Å². The molecule has 0 aliphatic rings. The highest BCUT2D eigenvalue weighted by Gasteiger charge is 2.17. The van der Waals surface area contributed by atoms with Gasteiger partial charge in [-0.2, -0.15) is 0 Å². The van der Waals surface area contributed by atoms with Gasteiger partial charge in [0, 0.05) is 32.3 Å². The number of aromatic nitrogens is 4. The van der Waals surface area contributed by atoms with E-state index in [1.807, 2.05) is 30.3 Å². The Hall–Kier alpha value is -6.69. The molecule has 0 N–H and O–H groups in total. The van der Waals surface area contributed by atoms with Crippen LogP contribution in [0.3, 0.4) is 0 Å². The number of hydrogen-bond acceptors (Lipinski definition) is 4. The Morgan fingerprint density at radius 1 is 0.365 bits per heavy atom. The van der Waals surface area contributed by atoms with E-state index in [0.29, 0.717) is 17.5 Å². The van der Waals surface area contributed by atoms with Gasteiger partial charge in [0.15, 0.2) is 17.5 Å². The zero-order chi connectivity index (χ0) is 34.4. The van der Waals surface area contributed by atoms with Gasteiger partial charge in [0.2, 0.25) is 0 Å². The van der Waals surface area contributed by atoms with Crippen LogP contribution in [0.2, 0.25) is 0 Å². The lowest BCUT2D eigenvalue weighted by atomic mass is 10.0. The van der Waals surface area contributed by atoms with Crippen LogP contribution >= 0.6 is 11.3 Å². The van der Waals surface area contributed by atoms with E-state index >= 15 is 0 Å². The second-order valence-corrected chi connectivity index (χ2v) is 14.0. The second kappa shape index (κ2) is 12.6. The Morgan fingerprint density at radius 3 is 1.38 bits per heavy atom. The van der Waals surface area contributed by atoms with Crippen LogP contribution in [-0.2, 0) is 0 Å². The lowest BCUT2D eigenvalue weighted by Crippen LogP contribution is -2.00. The van der Waals surface area contributed by atoms with Crippen LogP contribution < -0.4 is 0 Å². The Labute approximate surface area is 305 Å². The zero-order valence-corrected chi connectivity index (χ0v) is 28.8. The van der Waals surface area contributed by atoms with Gasteiger partial charge in [0.25, 0.3) is 0 Å². The van der Waals surface area contributed by atoms with Crippen molar-refractivity contribution in [1.29, 1.82) is 0 Å². The predicted molar refractivity (Wildman–Crippen MR) is 217 cm³/mol. The maximum Gasteiger partial charge on any atom is 0.174 e. The minimum absolute atomic E-state index is 0.648. The largest absolute Gasteiger partial charge is 0.309 e. The molecule has 0 saturated heterocycles. The van der Waals surface area contributed by atoms with Gasteiger partial charge in [-0.15, -0.1) is 11.3 Å². The summed E-state index contributed by atoms with van der Waals surface area (Å²) < 4.78 is 3.58. The summed E-state index contributed by atoms with van der Waals surface area (Å²) in [4.78, 5) is 16.0. The third-order valence-electron chi connectivity index (χ3n) is 9.68. The molecule has 52 heavy (non-hydrogen) atoms. The molecule has 0 unspecified atom stereocenters. The van der Waals surface area contributed by atoms with Gasteiger partial charge in [-0.1, -0.05) is 121 Å². The van der Waals surface area contributed by atoms with E-state index in [-0.39, 0.29) is 0 Å². The second-order valence-electron chi connectivity index (χ2n) is 12.9. The molecule has 0 radical (unpaired) electrons. The summed E-state index contributed by atoms with van der Waals surface area (Å²) in [6, 6.07) is 64.1. The molecule has 0 spiro atoms. The lowest BCUT2D eigenvalue weighted by molar-refractivity contribution is 1.08. The third kappa shape index (κ3) is 5.36. The van der Waals surface area contributed by atoms with Crippen LogP contribution in [0.4, 0.5) is 0 Å². The Kier molecular flexibility index (Phi) is 7.29. The van der Waals surface area contributed by atoms with Gasteiger partial charge < -0.3 is 4.57 Å². The third-order valence-corrected chi connectivity index (χ3v) is 10.8. The molecule has 0 amide bonds. The van der Waals surface area contributed by atoms with E-state index in [1.54, 1.807) is 11.3 Å². The Morgan fingerprint density at radius 2 is 0.827 bits per heavy atom. The first-order valence-electron chi connectivity index (χ1n) is 17.4. The number of thiophene rings is 1. The van der Waals surface area contributed by atoms with Crippen LogP contribution in [-0.4, -0.2) is 19.5 Å². The quantitative estimate of drug-likeness (QED) is 0.175. The van der Waals surface area contributed by atoms with Crippen molar-refractivity contribution in [1.82, 2.24) is 19.5 Å². The Bertz CT molecular complexity index is 2750. The van der Waals surface area contributed by atoms with Gasteiger partial charge in [-0.25, -0.2) is 15.0 Å². The van der Waals surface area contributed by atoms with Crippen LogP contribution in [0.15, 0.2) is 182 Å². The van der Waals surface area contributed by atoms with Crippen LogP contribution in [0, 0.1) is 0 Å². The normalized spacial score (nSPS) is 11.5. The van der Waals surface area contributed by atoms with Gasteiger partial charge >= 0.3 is 0 Å². The van der Waals surface area contributed by atoms with Crippen molar-refractivity contribution in [3.05, 3.63) is 182 Å². The van der Waals surface area contributed by atoms with Crippen molar-refractivity contribution in [3.63, 3.8) is 0 Å². The van der Waals surface area contributed by atoms with Crippen LogP contribution in [0.25, 0.3) is 93.3 Å². The number of rotatable bonds is 6. The zero-order valence-electron chi connectivity index (χ0n) is 28.0. The summed E-state index contributed by atoms with van der Waals surface area (Å²) >= 11 is 1.70. The first-order valence-corrected chi connectivity index (χ1v) is 18.2. The van der Waals surface area contributed by atoms with E-state index in [9.17, 15) is 0 Å². The van der Waals surface area contributed by atoms with Gasteiger partial charge in [0.1, 0.15) is 0 Å². The molecule has 0 atom stereocenters. The van der Waals surface area contributed by atoms with Gasteiger partial charge in [0.05, 0.1) is 15.9 Å². The summed E-state index contributed by atoms with van der Waals surface area (Å²) in [5.74, 6) is 1.99. The summed E-state index contributed by atoms with van der Waals surface area (Å²) in [5, 5.41) is 3.63. The van der Waals surface area contributed by atoms with Crippen LogP contribution in [0.5, 0.6) is 0 Å². The number of nitrogens with zero attached hydrogens (tertiary/aromatic N) is 4. The standard InChI is InChI=1S/C47H30N4S/c1-4-12-31(13-5-1)35-22-26-41-39(28-35)40-29-36(32-14-6-2-7-15-32)23-27-42(40)51(41)38-24-20-34(21-25-38)46-48-45(33-16-8-3-9-17-33)49-47(50-46)44-30-37-18-10-11-19-43(37)52-44/h1-30H. The Balaban J connectivity index is 1.11. The molecule has 0 fully saturated rings. The van der Waals surface area contributed by atoms with Crippen molar-refractivity contribution in [2.75, 3.05) is 0 Å². The fourth-order valence-electron chi connectivity index (χ4n) is 7.10. The molecule has 4 nitrogen and oxygen atoms in total. The molecule has 3 heterocycles. The van der Waals surface area contributed by atoms with E-state index < -0.39 is 0 Å². The molecule has 0 bridgehead atoms. The molecular weight excluding hydrogens is 653 g/mol. The van der Waals surface area contributed by atoms with E-state index in [4.69, 9.17) is 15.0 Å². The smallest absolute Gasteiger partial charge is 0.174 e. The fourth-order valence-corrected chi connectivity index (χ4v) is 8.10. The van der Waals surface area contributed by atoms with Crippen molar-refractivity contribution in [2.24, 2.45) is 0 Å². The molecule has 0 saturated carbocycles. The average Bonchev–Trinajstić information content (AvgIpc) is 3.81. The summed E-state index contributed by atoms with van der Waals surface area (Å²) in [5.41, 5.74) is 10.1. The highest BCUT2D eigenvalue weighted by Crippen LogP contribution is 2.38. The minimum atomic E-state index is 0.648. The molecule has 5 heteroatoms. The minimum Gasteiger partial charge on any atom is -0.309 e. The van der Waals surface area contributed by atoms with Crippen molar-refractivity contribution >= 4 is 43.2 Å². The molecule has 10 aromatic rings. The first kappa shape index (κ1) is 30.2. The summed E-state index contributed by atoms with van der Waals surface area (Å²) in [7, 11) is 0. The van der Waals surface area contributed by atoms with Gasteiger partial charge in [-0.05, 0) is 88.3 Å². The van der Waals surface area contributed by atoms with Crippen molar-refractivity contribution in [3.8, 4) is 61.4 Å². The molecule has 0 aliphatic heterocycles. The number of benzene rings is 7. The summed E-state index contributed by atoms with van der Waals surface area (Å²) in [6.45, 7) is 0. The molecule has 10 rings (SSSR count). The average molecular weight is 683 g/mol. The molecular formula is C47H30N4S. The molecule has 244 valence electrons. The highest BCUT2D eigenvalue weighted by molar-refractivity contribution is 7.22. The highest BCUT2D eigenvalue weighted by atomic mass is 32.1. The first-order chi connectivity index (χ1) is 25.7. The van der Waals surface area contributed by atoms with Crippen LogP contribution in [0.1, 0.15) is 0 Å². The predicted octanol–water partition coefficient (Wildman–Crippen LogP) is 12.5. The van der Waals surface area contributed by atoms with Crippen molar-refractivity contribution < 1.29 is 0 Å². The molecule has 7 aromatic carbocycles. The number of hydrogen-bond donors (Lipinski definition) is 0. The maximum absolute atomic E-state index is 5.05. The fraction of sp³-hybridized carbons (Fsp3) is 0.